The van der Waals surface area contributed by atoms with E-state index in [9.17, 15) is 4.79 Å². The second-order valence-corrected chi connectivity index (χ2v) is 7.28. The van der Waals surface area contributed by atoms with Crippen molar-refractivity contribution in [2.75, 3.05) is 7.05 Å². The molecule has 1 N–H and O–H groups in total. The van der Waals surface area contributed by atoms with Crippen molar-refractivity contribution in [3.63, 3.8) is 0 Å². The standard InChI is InChI=1S/C23H21NO/c1-23(2)21(15-10-16-8-12-18(25)13-9-16)24(3)20-14-11-17-6-4-5-7-19(17)22(20)23/h4-15H,1-3H3/p+1. The first-order chi connectivity index (χ1) is 12.0. The number of nitrogens with one attached hydrogen (secondary N) is 1. The van der Waals surface area contributed by atoms with E-state index in [4.69, 9.17) is 0 Å². The Hall–Kier alpha value is -2.71. The summed E-state index contributed by atoms with van der Waals surface area (Å²) in [6.07, 6.45) is 11.3. The summed E-state index contributed by atoms with van der Waals surface area (Å²) in [6.45, 7) is 4.60. The van der Waals surface area contributed by atoms with E-state index in [2.05, 4.69) is 69.4 Å². The van der Waals surface area contributed by atoms with E-state index in [0.29, 0.717) is 0 Å². The van der Waals surface area contributed by atoms with Crippen molar-refractivity contribution in [2.45, 2.75) is 19.3 Å². The molecule has 25 heavy (non-hydrogen) atoms. The molecule has 0 fully saturated rings. The molecule has 2 aromatic rings. The quantitative estimate of drug-likeness (QED) is 0.845. The zero-order chi connectivity index (χ0) is 17.6. The fourth-order valence-corrected chi connectivity index (χ4v) is 4.10. The normalized spacial score (nSPS) is 22.7. The molecule has 124 valence electrons. The number of fused-ring (bicyclic) bond motifs is 3. The fraction of sp³-hybridized carbons (Fsp3) is 0.174. The lowest BCUT2D eigenvalue weighted by atomic mass is 9.81. The monoisotopic (exact) mass is 328 g/mol. The summed E-state index contributed by atoms with van der Waals surface area (Å²) in [5.41, 5.74) is 5.10. The minimum absolute atomic E-state index is 0.0464. The molecule has 0 aromatic heterocycles. The highest BCUT2D eigenvalue weighted by molar-refractivity contribution is 6.01. The maximum atomic E-state index is 11.3. The summed E-state index contributed by atoms with van der Waals surface area (Å²) in [4.78, 5) is 12.6. The molecule has 0 amide bonds. The molecule has 0 spiro atoms. The van der Waals surface area contributed by atoms with E-state index in [0.717, 1.165) is 5.57 Å². The van der Waals surface area contributed by atoms with Crippen LogP contribution < -0.4 is 4.90 Å². The van der Waals surface area contributed by atoms with Crippen molar-refractivity contribution in [3.8, 4) is 0 Å². The van der Waals surface area contributed by atoms with Gasteiger partial charge in [-0.15, -0.1) is 0 Å². The topological polar surface area (TPSA) is 21.5 Å². The average Bonchev–Trinajstić information content (AvgIpc) is 2.81. The van der Waals surface area contributed by atoms with E-state index < -0.39 is 0 Å². The summed E-state index contributed by atoms with van der Waals surface area (Å²) in [5, 5.41) is 2.63. The van der Waals surface area contributed by atoms with Crippen LogP contribution in [-0.4, -0.2) is 12.8 Å². The Morgan fingerprint density at radius 1 is 0.920 bits per heavy atom. The van der Waals surface area contributed by atoms with Crippen LogP contribution in [-0.2, 0) is 10.2 Å². The molecule has 1 aliphatic heterocycles. The van der Waals surface area contributed by atoms with Gasteiger partial charge in [-0.2, -0.15) is 0 Å². The number of hydrogen-bond acceptors (Lipinski definition) is 1. The van der Waals surface area contributed by atoms with Crippen molar-refractivity contribution in [3.05, 3.63) is 89.7 Å². The highest BCUT2D eigenvalue weighted by Crippen LogP contribution is 2.42. The zero-order valence-electron chi connectivity index (χ0n) is 14.8. The van der Waals surface area contributed by atoms with Gasteiger partial charge in [0.05, 0.1) is 12.5 Å². The first-order valence-corrected chi connectivity index (χ1v) is 8.67. The largest absolute Gasteiger partial charge is 0.290 e. The lowest BCUT2D eigenvalue weighted by Crippen LogP contribution is -3.01. The highest BCUT2D eigenvalue weighted by Gasteiger charge is 2.44. The van der Waals surface area contributed by atoms with Crippen molar-refractivity contribution >= 4 is 22.2 Å². The Morgan fingerprint density at radius 3 is 2.40 bits per heavy atom. The molecule has 1 atom stereocenters. The molecule has 4 rings (SSSR count). The fourth-order valence-electron chi connectivity index (χ4n) is 4.10. The van der Waals surface area contributed by atoms with Gasteiger partial charge in [0.2, 0.25) is 0 Å². The molecular weight excluding hydrogens is 306 g/mol. The summed E-state index contributed by atoms with van der Waals surface area (Å²) in [6, 6.07) is 13.1. The number of carbonyl (C=O) groups excluding carboxylic acids is 1. The smallest absolute Gasteiger partial charge is 0.178 e. The number of benzene rings is 2. The van der Waals surface area contributed by atoms with Gasteiger partial charge in [0, 0.05) is 11.6 Å². The molecule has 2 heteroatoms. The molecule has 0 radical (unpaired) electrons. The molecule has 1 unspecified atom stereocenters. The number of allylic oxidation sites excluding steroid dienone is 8. The Bertz CT molecular complexity index is 984. The maximum Gasteiger partial charge on any atom is 0.178 e. The zero-order valence-corrected chi connectivity index (χ0v) is 14.8. The third-order valence-corrected chi connectivity index (χ3v) is 5.36. The number of hydrogen-bond donors (Lipinski definition) is 1. The lowest BCUT2D eigenvalue weighted by Gasteiger charge is -2.19. The van der Waals surface area contributed by atoms with Crippen molar-refractivity contribution < 1.29 is 9.69 Å². The van der Waals surface area contributed by atoms with Gasteiger partial charge in [0.25, 0.3) is 0 Å². The van der Waals surface area contributed by atoms with Gasteiger partial charge in [0.15, 0.2) is 5.78 Å². The van der Waals surface area contributed by atoms with Gasteiger partial charge in [0.1, 0.15) is 11.4 Å². The van der Waals surface area contributed by atoms with Gasteiger partial charge in [-0.25, -0.2) is 0 Å². The summed E-state index contributed by atoms with van der Waals surface area (Å²) in [5.74, 6) is 0.0487. The van der Waals surface area contributed by atoms with Crippen molar-refractivity contribution in [2.24, 2.45) is 0 Å². The van der Waals surface area contributed by atoms with Crippen LogP contribution in [0.2, 0.25) is 0 Å². The highest BCUT2D eigenvalue weighted by atomic mass is 16.1. The second kappa shape index (κ2) is 5.68. The molecule has 1 heterocycles. The van der Waals surface area contributed by atoms with Crippen LogP contribution in [0, 0.1) is 0 Å². The van der Waals surface area contributed by atoms with Crippen LogP contribution in [0.25, 0.3) is 10.8 Å². The van der Waals surface area contributed by atoms with Gasteiger partial charge in [-0.3, -0.25) is 9.69 Å². The summed E-state index contributed by atoms with van der Waals surface area (Å²) >= 11 is 0. The predicted molar refractivity (Wildman–Crippen MR) is 103 cm³/mol. The number of carbonyl (C=O) groups is 1. The first-order valence-electron chi connectivity index (χ1n) is 8.67. The van der Waals surface area contributed by atoms with Crippen LogP contribution in [0.4, 0.5) is 5.69 Å². The molecule has 2 aliphatic rings. The summed E-state index contributed by atoms with van der Waals surface area (Å²) < 4.78 is 0. The van der Waals surface area contributed by atoms with E-state index >= 15 is 0 Å². The molecule has 0 bridgehead atoms. The second-order valence-electron chi connectivity index (χ2n) is 7.28. The van der Waals surface area contributed by atoms with Gasteiger partial charge in [-0.05, 0) is 60.6 Å². The third kappa shape index (κ3) is 2.50. The van der Waals surface area contributed by atoms with E-state index in [1.165, 1.54) is 32.6 Å². The minimum Gasteiger partial charge on any atom is -0.290 e. The molecule has 1 aliphatic carbocycles. The number of rotatable bonds is 1. The van der Waals surface area contributed by atoms with Crippen LogP contribution >= 0.6 is 0 Å². The third-order valence-electron chi connectivity index (χ3n) is 5.36. The summed E-state index contributed by atoms with van der Waals surface area (Å²) in [7, 11) is 2.21. The Morgan fingerprint density at radius 2 is 1.64 bits per heavy atom. The maximum absolute atomic E-state index is 11.3. The van der Waals surface area contributed by atoms with Crippen LogP contribution in [0.1, 0.15) is 19.4 Å². The molecular formula is C23H22NO+. The lowest BCUT2D eigenvalue weighted by molar-refractivity contribution is -0.764. The SMILES string of the molecule is C[NH+]1C(=CC=C2C=CC(=O)C=C2)C(C)(C)c2c1ccc1ccccc21. The van der Waals surface area contributed by atoms with Gasteiger partial charge in [-0.1, -0.05) is 36.4 Å². The molecule has 0 saturated carbocycles. The van der Waals surface area contributed by atoms with E-state index in [-0.39, 0.29) is 11.2 Å². The number of quaternary nitrogens is 1. The first kappa shape index (κ1) is 15.8. The van der Waals surface area contributed by atoms with E-state index in [1.54, 1.807) is 12.2 Å². The number of likely N-dealkylation sites (N-methyl/N-ethyl adjacent to an activating group) is 1. The molecule has 2 nitrogen and oxygen atoms in total. The minimum atomic E-state index is -0.0464. The Kier molecular flexibility index (Phi) is 3.59. The molecule has 0 saturated heterocycles. The average molecular weight is 328 g/mol. The molecule has 2 aromatic carbocycles. The number of ketones is 1. The predicted octanol–water partition coefficient (Wildman–Crippen LogP) is 3.78. The Balaban J connectivity index is 1.84. The van der Waals surface area contributed by atoms with E-state index in [1.807, 2.05) is 12.2 Å². The van der Waals surface area contributed by atoms with Gasteiger partial charge < -0.3 is 0 Å². The van der Waals surface area contributed by atoms with Crippen molar-refractivity contribution in [1.82, 2.24) is 0 Å². The van der Waals surface area contributed by atoms with Crippen LogP contribution in [0.15, 0.2) is 84.1 Å². The van der Waals surface area contributed by atoms with Gasteiger partial charge >= 0.3 is 0 Å². The van der Waals surface area contributed by atoms with Crippen LogP contribution in [0.3, 0.4) is 0 Å². The van der Waals surface area contributed by atoms with Crippen molar-refractivity contribution in [1.29, 1.82) is 0 Å². The van der Waals surface area contributed by atoms with Crippen LogP contribution in [0.5, 0.6) is 0 Å². The Labute approximate surface area is 148 Å².